The number of carbonyl (C=O) groups excluding carboxylic acids is 1. The van der Waals surface area contributed by atoms with Gasteiger partial charge in [0.25, 0.3) is 0 Å². The fourth-order valence-corrected chi connectivity index (χ4v) is 7.18. The number of hydrogen-bond donors (Lipinski definition) is 0. The molecule has 4 aromatic carbocycles. The van der Waals surface area contributed by atoms with Gasteiger partial charge in [0.15, 0.2) is 28.8 Å². The maximum Gasteiger partial charge on any atom is 0.339 e. The van der Waals surface area contributed by atoms with Crippen LogP contribution in [0.5, 0.6) is 28.7 Å². The van der Waals surface area contributed by atoms with Crippen LogP contribution in [0.25, 0.3) is 21.9 Å². The standard InChI is InChI=1S/C38H38O12/c1-38(2)49-33-29(18-40-3)47-37(35(34(33)50-38)43-16-20-9-7-6-8-10-20)48-32-23-15-27(42-5)26(41-4)14-22(23)30(31-24(32)17-44-36(31)39)21-11-12-25-28(13-21)46-19-45-25/h6-15,29,33-35,37H,16-19H2,1-5H3. The zero-order valence-electron chi connectivity index (χ0n) is 28.4. The Bertz CT molecular complexity index is 1920. The van der Waals surface area contributed by atoms with Gasteiger partial charge >= 0.3 is 5.97 Å². The van der Waals surface area contributed by atoms with Crippen molar-refractivity contribution in [3.63, 3.8) is 0 Å². The Morgan fingerprint density at radius 2 is 1.56 bits per heavy atom. The summed E-state index contributed by atoms with van der Waals surface area (Å²) < 4.78 is 67.0. The highest BCUT2D eigenvalue weighted by Crippen LogP contribution is 2.50. The first-order valence-corrected chi connectivity index (χ1v) is 16.4. The van der Waals surface area contributed by atoms with Crippen molar-refractivity contribution >= 4 is 16.7 Å². The number of rotatable bonds is 10. The second-order valence-corrected chi connectivity index (χ2v) is 12.9. The number of benzene rings is 4. The molecule has 12 nitrogen and oxygen atoms in total. The van der Waals surface area contributed by atoms with Crippen molar-refractivity contribution in [2.24, 2.45) is 0 Å². The van der Waals surface area contributed by atoms with E-state index in [-0.39, 0.29) is 26.6 Å². The number of hydrogen-bond acceptors (Lipinski definition) is 12. The fourth-order valence-electron chi connectivity index (χ4n) is 7.18. The van der Waals surface area contributed by atoms with E-state index in [0.29, 0.717) is 56.2 Å². The number of methoxy groups -OCH3 is 3. The lowest BCUT2D eigenvalue weighted by atomic mass is 9.89. The highest BCUT2D eigenvalue weighted by molar-refractivity contribution is 6.14. The quantitative estimate of drug-likeness (QED) is 0.188. The monoisotopic (exact) mass is 686 g/mol. The van der Waals surface area contributed by atoms with Crippen LogP contribution in [0, 0.1) is 0 Å². The Kier molecular flexibility index (Phi) is 8.44. The summed E-state index contributed by atoms with van der Waals surface area (Å²) in [6.07, 6.45) is -3.35. The summed E-state index contributed by atoms with van der Waals surface area (Å²) >= 11 is 0. The Morgan fingerprint density at radius 3 is 2.32 bits per heavy atom. The molecule has 4 heterocycles. The molecule has 262 valence electrons. The number of cyclic esters (lactones) is 1. The number of fused-ring (bicyclic) bond motifs is 4. The van der Waals surface area contributed by atoms with E-state index in [0.717, 1.165) is 11.1 Å². The van der Waals surface area contributed by atoms with Crippen molar-refractivity contribution in [1.82, 2.24) is 0 Å². The lowest BCUT2D eigenvalue weighted by Crippen LogP contribution is -2.60. The average Bonchev–Trinajstić information content (AvgIpc) is 3.84. The Balaban J connectivity index is 1.29. The lowest BCUT2D eigenvalue weighted by Gasteiger charge is -2.42. The van der Waals surface area contributed by atoms with Crippen molar-refractivity contribution in [3.8, 4) is 39.9 Å². The predicted molar refractivity (Wildman–Crippen MR) is 178 cm³/mol. The smallest absolute Gasteiger partial charge is 0.339 e. The molecule has 4 aliphatic rings. The zero-order chi connectivity index (χ0) is 34.6. The second-order valence-electron chi connectivity index (χ2n) is 12.9. The van der Waals surface area contributed by atoms with Crippen LogP contribution in [-0.2, 0) is 41.6 Å². The van der Waals surface area contributed by atoms with Gasteiger partial charge in [0.1, 0.15) is 36.8 Å². The van der Waals surface area contributed by atoms with E-state index in [1.54, 1.807) is 21.3 Å². The topological polar surface area (TPSA) is 119 Å². The van der Waals surface area contributed by atoms with Gasteiger partial charge in [-0.3, -0.25) is 0 Å². The molecule has 0 N–H and O–H groups in total. The van der Waals surface area contributed by atoms with E-state index in [9.17, 15) is 4.79 Å². The van der Waals surface area contributed by atoms with E-state index in [2.05, 4.69) is 0 Å². The van der Waals surface area contributed by atoms with Crippen LogP contribution in [0.4, 0.5) is 0 Å². The van der Waals surface area contributed by atoms with E-state index < -0.39 is 42.5 Å². The largest absolute Gasteiger partial charge is 0.493 e. The summed E-state index contributed by atoms with van der Waals surface area (Å²) in [5.74, 6) is 1.14. The van der Waals surface area contributed by atoms with E-state index in [1.807, 2.05) is 74.5 Å². The molecule has 0 radical (unpaired) electrons. The summed E-state index contributed by atoms with van der Waals surface area (Å²) in [6, 6.07) is 19.1. The van der Waals surface area contributed by atoms with Gasteiger partial charge < -0.3 is 52.1 Å². The molecular formula is C38H38O12. The number of carbonyl (C=O) groups is 1. The molecule has 12 heteroatoms. The fraction of sp³-hybridized carbons (Fsp3) is 0.395. The van der Waals surface area contributed by atoms with Crippen LogP contribution >= 0.6 is 0 Å². The molecule has 50 heavy (non-hydrogen) atoms. The molecule has 0 aliphatic carbocycles. The average molecular weight is 687 g/mol. The van der Waals surface area contributed by atoms with Gasteiger partial charge in [0.2, 0.25) is 13.1 Å². The summed E-state index contributed by atoms with van der Waals surface area (Å²) in [7, 11) is 4.73. The normalized spacial score (nSPS) is 24.5. The van der Waals surface area contributed by atoms with Gasteiger partial charge in [-0.15, -0.1) is 0 Å². The van der Waals surface area contributed by atoms with Crippen LogP contribution in [0.1, 0.15) is 35.3 Å². The van der Waals surface area contributed by atoms with Crippen LogP contribution in [-0.4, -0.2) is 77.2 Å². The van der Waals surface area contributed by atoms with E-state index in [1.165, 1.54) is 0 Å². The van der Waals surface area contributed by atoms with Crippen molar-refractivity contribution in [3.05, 3.63) is 77.4 Å². The first-order chi connectivity index (χ1) is 24.3. The molecule has 8 rings (SSSR count). The maximum absolute atomic E-state index is 13.6. The van der Waals surface area contributed by atoms with Crippen LogP contribution in [0.15, 0.2) is 60.7 Å². The van der Waals surface area contributed by atoms with Crippen molar-refractivity contribution in [1.29, 1.82) is 0 Å². The van der Waals surface area contributed by atoms with Crippen molar-refractivity contribution in [2.45, 2.75) is 63.6 Å². The minimum absolute atomic E-state index is 0.0200. The summed E-state index contributed by atoms with van der Waals surface area (Å²) in [6.45, 7) is 4.30. The van der Waals surface area contributed by atoms with Gasteiger partial charge in [-0.1, -0.05) is 36.4 Å². The molecule has 2 saturated heterocycles. The molecule has 0 saturated carbocycles. The summed E-state index contributed by atoms with van der Waals surface area (Å²) in [5, 5.41) is 1.31. The Morgan fingerprint density at radius 1 is 0.820 bits per heavy atom. The lowest BCUT2D eigenvalue weighted by molar-refractivity contribution is -0.269. The maximum atomic E-state index is 13.6. The number of ether oxygens (including phenoxy) is 11. The molecule has 0 spiro atoms. The third-order valence-corrected chi connectivity index (χ3v) is 9.36. The molecular weight excluding hydrogens is 648 g/mol. The molecule has 4 aliphatic heterocycles. The van der Waals surface area contributed by atoms with Gasteiger partial charge in [-0.2, -0.15) is 0 Å². The van der Waals surface area contributed by atoms with Gasteiger partial charge in [0.05, 0.1) is 33.0 Å². The summed E-state index contributed by atoms with van der Waals surface area (Å²) in [5.41, 5.74) is 3.26. The molecule has 4 aromatic rings. The Labute approximate surface area is 288 Å². The van der Waals surface area contributed by atoms with Crippen molar-refractivity contribution in [2.75, 3.05) is 34.7 Å². The van der Waals surface area contributed by atoms with Crippen LogP contribution < -0.4 is 23.7 Å². The van der Waals surface area contributed by atoms with E-state index >= 15 is 0 Å². The highest BCUT2D eigenvalue weighted by Gasteiger charge is 2.57. The SMILES string of the molecule is COCC1OC(Oc2c3c(c(-c4ccc5c(c4)OCO5)c4cc(OC)c(OC)cc24)C(=O)OC3)C(OCc2ccccc2)C2OC(C)(C)OC12. The number of esters is 1. The minimum atomic E-state index is -1.01. The first-order valence-electron chi connectivity index (χ1n) is 16.4. The minimum Gasteiger partial charge on any atom is -0.493 e. The molecule has 5 atom stereocenters. The third-order valence-electron chi connectivity index (χ3n) is 9.36. The van der Waals surface area contributed by atoms with Crippen LogP contribution in [0.3, 0.4) is 0 Å². The second kappa shape index (κ2) is 12.9. The van der Waals surface area contributed by atoms with Crippen LogP contribution in [0.2, 0.25) is 0 Å². The van der Waals surface area contributed by atoms with Gasteiger partial charge in [-0.25, -0.2) is 4.79 Å². The zero-order valence-corrected chi connectivity index (χ0v) is 28.4. The molecule has 5 unspecified atom stereocenters. The third kappa shape index (κ3) is 5.66. The van der Waals surface area contributed by atoms with Gasteiger partial charge in [-0.05, 0) is 54.6 Å². The highest BCUT2D eigenvalue weighted by atomic mass is 16.8. The van der Waals surface area contributed by atoms with Gasteiger partial charge in [0, 0.05) is 23.6 Å². The van der Waals surface area contributed by atoms with Crippen molar-refractivity contribution < 1.29 is 56.9 Å². The predicted octanol–water partition coefficient (Wildman–Crippen LogP) is 5.78. The molecule has 0 bridgehead atoms. The summed E-state index contributed by atoms with van der Waals surface area (Å²) in [4.78, 5) is 13.6. The molecule has 2 fully saturated rings. The molecule has 0 amide bonds. The first kappa shape index (κ1) is 32.6. The molecule has 0 aromatic heterocycles. The van der Waals surface area contributed by atoms with E-state index in [4.69, 9.17) is 52.1 Å². The Hall–Kier alpha value is -4.59.